The smallest absolute Gasteiger partial charge is 0.307 e. The van der Waals surface area contributed by atoms with E-state index in [0.29, 0.717) is 11.3 Å². The van der Waals surface area contributed by atoms with Gasteiger partial charge in [0.15, 0.2) is 11.5 Å². The Morgan fingerprint density at radius 3 is 2.38 bits per heavy atom. The molecule has 0 bridgehead atoms. The number of nitrogens with zero attached hydrogens (tertiary/aromatic N) is 5. The van der Waals surface area contributed by atoms with Gasteiger partial charge in [-0.2, -0.15) is 23.4 Å². The Hall–Kier alpha value is -4.97. The van der Waals surface area contributed by atoms with E-state index in [9.17, 15) is 22.8 Å². The van der Waals surface area contributed by atoms with Crippen LogP contribution >= 0.6 is 0 Å². The summed E-state index contributed by atoms with van der Waals surface area (Å²) in [6, 6.07) is 21.8. The summed E-state index contributed by atoms with van der Waals surface area (Å²) in [5.74, 6) is -0.377. The number of amides is 1. The fourth-order valence-electron chi connectivity index (χ4n) is 5.31. The van der Waals surface area contributed by atoms with Crippen molar-refractivity contribution in [3.63, 3.8) is 0 Å². The third-order valence-corrected chi connectivity index (χ3v) is 7.14. The van der Waals surface area contributed by atoms with Crippen LogP contribution in [0, 0.1) is 0 Å². The van der Waals surface area contributed by atoms with Crippen molar-refractivity contribution in [1.82, 2.24) is 29.9 Å². The summed E-state index contributed by atoms with van der Waals surface area (Å²) in [7, 11) is 4.00. The van der Waals surface area contributed by atoms with Crippen LogP contribution in [-0.2, 0) is 19.1 Å². The number of carbonyl (C=O) groups is 1. The van der Waals surface area contributed by atoms with Crippen LogP contribution in [0.4, 0.5) is 18.9 Å². The fraction of sp³-hybridized carbons (Fsp3) is 0.200. The molecule has 0 unspecified atom stereocenters. The van der Waals surface area contributed by atoms with Crippen LogP contribution in [0.15, 0.2) is 77.6 Å². The number of benzene rings is 3. The second-order valence-corrected chi connectivity index (χ2v) is 10.3. The van der Waals surface area contributed by atoms with E-state index in [1.807, 2.05) is 56.6 Å². The monoisotopic (exact) mass is 573 g/mol. The van der Waals surface area contributed by atoms with E-state index in [0.717, 1.165) is 27.9 Å². The van der Waals surface area contributed by atoms with Crippen molar-refractivity contribution in [2.75, 3.05) is 25.5 Å². The summed E-state index contributed by atoms with van der Waals surface area (Å²) in [5, 5.41) is 10.0. The Morgan fingerprint density at radius 1 is 0.929 bits per heavy atom. The zero-order chi connectivity index (χ0) is 29.6. The van der Waals surface area contributed by atoms with Crippen LogP contribution in [0.3, 0.4) is 0 Å². The molecule has 9 nitrogen and oxygen atoms in total. The molecule has 0 atom stereocenters. The van der Waals surface area contributed by atoms with Gasteiger partial charge in [0.05, 0.1) is 5.69 Å². The molecule has 1 aliphatic heterocycles. The van der Waals surface area contributed by atoms with Gasteiger partial charge in [-0.15, -0.1) is 0 Å². The molecule has 2 aromatic heterocycles. The first-order valence-corrected chi connectivity index (χ1v) is 13.2. The van der Waals surface area contributed by atoms with E-state index in [1.54, 1.807) is 18.2 Å². The highest BCUT2D eigenvalue weighted by atomic mass is 19.4. The number of hydrogen-bond donors (Lipinski definition) is 2. The second-order valence-electron chi connectivity index (χ2n) is 10.3. The van der Waals surface area contributed by atoms with E-state index in [-0.39, 0.29) is 35.7 Å². The number of aromatic amines is 2. The van der Waals surface area contributed by atoms with Gasteiger partial charge in [0.25, 0.3) is 5.91 Å². The minimum atomic E-state index is -4.75. The summed E-state index contributed by atoms with van der Waals surface area (Å²) in [6.07, 6.45) is -4.76. The number of nitrogens with one attached hydrogen (secondary N) is 2. The molecular weight excluding hydrogens is 547 g/mol. The van der Waals surface area contributed by atoms with Gasteiger partial charge < -0.3 is 9.80 Å². The maximum atomic E-state index is 14.1. The molecule has 3 heterocycles. The molecule has 12 heteroatoms. The van der Waals surface area contributed by atoms with Crippen molar-refractivity contribution in [2.45, 2.75) is 19.1 Å². The van der Waals surface area contributed by atoms with Gasteiger partial charge in [-0.3, -0.25) is 9.78 Å². The van der Waals surface area contributed by atoms with Crippen molar-refractivity contribution in [2.24, 2.45) is 0 Å². The third-order valence-electron chi connectivity index (χ3n) is 7.14. The predicted octanol–water partition coefficient (Wildman–Crippen LogP) is 4.90. The molecule has 5 aromatic rings. The molecule has 6 rings (SSSR count). The number of H-pyrrole nitrogens is 2. The minimum absolute atomic E-state index is 0.0181. The van der Waals surface area contributed by atoms with Gasteiger partial charge in [0.2, 0.25) is 0 Å². The molecule has 3 aromatic carbocycles. The topological polar surface area (TPSA) is 103 Å². The number of rotatable bonds is 6. The Balaban J connectivity index is 1.38. The zero-order valence-corrected chi connectivity index (χ0v) is 22.7. The number of fused-ring (bicyclic) bond motifs is 1. The molecule has 1 aliphatic rings. The lowest BCUT2D eigenvalue weighted by atomic mass is 9.98. The molecule has 2 N–H and O–H groups in total. The summed E-state index contributed by atoms with van der Waals surface area (Å²) < 4.78 is 43.2. The van der Waals surface area contributed by atoms with E-state index < -0.39 is 23.5 Å². The highest BCUT2D eigenvalue weighted by Gasteiger charge is 2.43. The first-order valence-electron chi connectivity index (χ1n) is 13.2. The molecular formula is C30H26F3N7O2. The lowest BCUT2D eigenvalue weighted by molar-refractivity contribution is -0.141. The van der Waals surface area contributed by atoms with Crippen molar-refractivity contribution >= 4 is 11.6 Å². The SMILES string of the molecule is CN(C)Cc1ccccc1-c1ccc(N2CCc3c(C(F)(F)F)nn(-c4cccc(-c5n[nH]c(=O)[nH]5)c4)c3C2=O)cc1. The largest absolute Gasteiger partial charge is 0.435 e. The number of aromatic nitrogens is 5. The molecule has 0 saturated carbocycles. The maximum Gasteiger partial charge on any atom is 0.435 e. The number of anilines is 1. The van der Waals surface area contributed by atoms with Crippen LogP contribution < -0.4 is 10.6 Å². The summed E-state index contributed by atoms with van der Waals surface area (Å²) >= 11 is 0. The molecule has 0 radical (unpaired) electrons. The van der Waals surface area contributed by atoms with Crippen molar-refractivity contribution in [3.05, 3.63) is 106 Å². The molecule has 42 heavy (non-hydrogen) atoms. The zero-order valence-electron chi connectivity index (χ0n) is 22.7. The van der Waals surface area contributed by atoms with Crippen molar-refractivity contribution < 1.29 is 18.0 Å². The van der Waals surface area contributed by atoms with Crippen molar-refractivity contribution in [1.29, 1.82) is 0 Å². The van der Waals surface area contributed by atoms with Crippen LogP contribution in [0.25, 0.3) is 28.2 Å². The van der Waals surface area contributed by atoms with Gasteiger partial charge >= 0.3 is 11.9 Å². The van der Waals surface area contributed by atoms with Crippen molar-refractivity contribution in [3.8, 4) is 28.2 Å². The minimum Gasteiger partial charge on any atom is -0.307 e. The quantitative estimate of drug-likeness (QED) is 0.301. The standard InChI is InChI=1S/C30H26F3N7O2/c1-38(2)17-20-6-3-4-9-23(20)18-10-12-21(13-11-18)39-15-14-24-25(28(39)41)40(37-26(24)30(31,32)33)22-8-5-7-19(16-22)27-34-29(42)36-35-27/h3-13,16H,14-15,17H2,1-2H3,(H2,34,35,36,42). The highest BCUT2D eigenvalue weighted by molar-refractivity contribution is 6.07. The number of carbonyl (C=O) groups excluding carboxylic acids is 1. The number of hydrogen-bond acceptors (Lipinski definition) is 5. The van der Waals surface area contributed by atoms with Gasteiger partial charge in [-0.25, -0.2) is 14.6 Å². The molecule has 0 spiro atoms. The summed E-state index contributed by atoms with van der Waals surface area (Å²) in [5.41, 5.74) is 2.52. The Labute approximate surface area is 238 Å². The fourth-order valence-corrected chi connectivity index (χ4v) is 5.31. The summed E-state index contributed by atoms with van der Waals surface area (Å²) in [6.45, 7) is 0.833. The maximum absolute atomic E-state index is 14.1. The highest BCUT2D eigenvalue weighted by Crippen LogP contribution is 2.38. The first-order chi connectivity index (χ1) is 20.1. The number of halogens is 3. The Bertz CT molecular complexity index is 1830. The van der Waals surface area contributed by atoms with E-state index >= 15 is 0 Å². The van der Waals surface area contributed by atoms with Crippen LogP contribution in [0.1, 0.15) is 27.3 Å². The van der Waals surface area contributed by atoms with E-state index in [4.69, 9.17) is 0 Å². The third kappa shape index (κ3) is 5.00. The van der Waals surface area contributed by atoms with Crippen LogP contribution in [-0.4, -0.2) is 56.4 Å². The molecule has 0 aliphatic carbocycles. The van der Waals surface area contributed by atoms with E-state index in [1.165, 1.54) is 11.0 Å². The summed E-state index contributed by atoms with van der Waals surface area (Å²) in [4.78, 5) is 31.5. The molecule has 1 amide bonds. The Kier molecular flexibility index (Phi) is 6.77. The molecule has 0 fully saturated rings. The molecule has 0 saturated heterocycles. The van der Waals surface area contributed by atoms with Gasteiger partial charge in [0, 0.05) is 29.9 Å². The average Bonchev–Trinajstić information content (AvgIpc) is 3.58. The predicted molar refractivity (Wildman–Crippen MR) is 151 cm³/mol. The first kappa shape index (κ1) is 27.2. The van der Waals surface area contributed by atoms with Gasteiger partial charge in [-0.05, 0) is 61.5 Å². The van der Waals surface area contributed by atoms with E-state index in [2.05, 4.69) is 31.2 Å². The van der Waals surface area contributed by atoms with Crippen LogP contribution in [0.5, 0.6) is 0 Å². The van der Waals surface area contributed by atoms with Gasteiger partial charge in [-0.1, -0.05) is 48.5 Å². The Morgan fingerprint density at radius 2 is 1.69 bits per heavy atom. The normalized spacial score (nSPS) is 13.6. The van der Waals surface area contributed by atoms with Crippen LogP contribution in [0.2, 0.25) is 0 Å². The number of alkyl halides is 3. The molecule has 214 valence electrons. The lowest BCUT2D eigenvalue weighted by Gasteiger charge is -2.28. The average molecular weight is 574 g/mol. The lowest BCUT2D eigenvalue weighted by Crippen LogP contribution is -2.39. The second kappa shape index (κ2) is 10.5. The van der Waals surface area contributed by atoms with Gasteiger partial charge in [0.1, 0.15) is 5.69 Å².